The van der Waals surface area contributed by atoms with Crippen molar-refractivity contribution in [1.29, 1.82) is 0 Å². The molecule has 0 bridgehead atoms. The molecule has 0 aromatic carbocycles. The molecule has 2 rings (SSSR count). The average molecular weight is 276 g/mol. The maximum absolute atomic E-state index is 4.43. The quantitative estimate of drug-likeness (QED) is 0.811. The minimum atomic E-state index is 0.467. The molecule has 8 nitrogen and oxygen atoms in total. The van der Waals surface area contributed by atoms with Gasteiger partial charge in [-0.15, -0.1) is 0 Å². The molecule has 0 saturated carbocycles. The van der Waals surface area contributed by atoms with Crippen LogP contribution in [0.25, 0.3) is 5.95 Å². The molecular weight excluding hydrogens is 256 g/mol. The summed E-state index contributed by atoms with van der Waals surface area (Å²) in [7, 11) is 1.97. The second-order valence-electron chi connectivity index (χ2n) is 4.45. The van der Waals surface area contributed by atoms with E-state index in [2.05, 4.69) is 44.2 Å². The van der Waals surface area contributed by atoms with Crippen molar-refractivity contribution in [2.45, 2.75) is 26.7 Å². The smallest absolute Gasteiger partial charge is 0.258 e. The van der Waals surface area contributed by atoms with Crippen LogP contribution in [-0.2, 0) is 0 Å². The zero-order chi connectivity index (χ0) is 14.4. The van der Waals surface area contributed by atoms with Crippen LogP contribution in [-0.4, -0.2) is 49.9 Å². The number of nitrogens with one attached hydrogen (secondary N) is 1. The standard InChI is InChI=1S/C12H20N8/c1-4-6-14-10-16-11(19(3)7-5-2)18-12(17-10)20-9-13-8-15-20/h8-9H,4-7H2,1-3H3,(H,14,16,17,18). The fraction of sp³-hybridized carbons (Fsp3) is 0.583. The summed E-state index contributed by atoms with van der Waals surface area (Å²) in [5.41, 5.74) is 0. The van der Waals surface area contributed by atoms with Gasteiger partial charge in [-0.2, -0.15) is 24.7 Å². The molecule has 8 heteroatoms. The predicted octanol–water partition coefficient (Wildman–Crippen LogP) is 1.12. The van der Waals surface area contributed by atoms with Crippen molar-refractivity contribution in [3.8, 4) is 5.95 Å². The van der Waals surface area contributed by atoms with Crippen LogP contribution in [0.2, 0.25) is 0 Å². The highest BCUT2D eigenvalue weighted by Crippen LogP contribution is 2.11. The molecule has 0 fully saturated rings. The Morgan fingerprint density at radius 3 is 2.70 bits per heavy atom. The van der Waals surface area contributed by atoms with Crippen molar-refractivity contribution in [1.82, 2.24) is 29.7 Å². The minimum Gasteiger partial charge on any atom is -0.354 e. The monoisotopic (exact) mass is 276 g/mol. The van der Waals surface area contributed by atoms with E-state index in [0.717, 1.165) is 25.9 Å². The number of hydrogen-bond donors (Lipinski definition) is 1. The Bertz CT molecular complexity index is 524. The lowest BCUT2D eigenvalue weighted by atomic mass is 10.4. The number of hydrogen-bond acceptors (Lipinski definition) is 7. The van der Waals surface area contributed by atoms with E-state index in [-0.39, 0.29) is 0 Å². The zero-order valence-electron chi connectivity index (χ0n) is 12.1. The summed E-state index contributed by atoms with van der Waals surface area (Å²) in [5.74, 6) is 1.66. The van der Waals surface area contributed by atoms with E-state index in [1.807, 2.05) is 11.9 Å². The van der Waals surface area contributed by atoms with E-state index in [4.69, 9.17) is 0 Å². The van der Waals surface area contributed by atoms with Crippen LogP contribution >= 0.6 is 0 Å². The first-order chi connectivity index (χ1) is 9.74. The summed E-state index contributed by atoms with van der Waals surface area (Å²) < 4.78 is 1.53. The first kappa shape index (κ1) is 14.2. The molecule has 0 radical (unpaired) electrons. The Balaban J connectivity index is 2.33. The summed E-state index contributed by atoms with van der Waals surface area (Å²) in [4.78, 5) is 19.1. The van der Waals surface area contributed by atoms with Crippen molar-refractivity contribution < 1.29 is 0 Å². The molecule has 20 heavy (non-hydrogen) atoms. The van der Waals surface area contributed by atoms with Gasteiger partial charge in [0.1, 0.15) is 12.7 Å². The second-order valence-corrected chi connectivity index (χ2v) is 4.45. The van der Waals surface area contributed by atoms with Crippen molar-refractivity contribution in [2.24, 2.45) is 0 Å². The Kier molecular flexibility index (Phi) is 4.80. The number of nitrogens with zero attached hydrogens (tertiary/aromatic N) is 7. The lowest BCUT2D eigenvalue weighted by molar-refractivity contribution is 0.762. The molecule has 2 aromatic rings. The van der Waals surface area contributed by atoms with E-state index in [1.165, 1.54) is 11.0 Å². The molecule has 108 valence electrons. The maximum atomic E-state index is 4.43. The van der Waals surface area contributed by atoms with Gasteiger partial charge < -0.3 is 10.2 Å². The molecule has 0 unspecified atom stereocenters. The van der Waals surface area contributed by atoms with Gasteiger partial charge in [0.05, 0.1) is 0 Å². The van der Waals surface area contributed by atoms with Crippen LogP contribution in [0, 0.1) is 0 Å². The number of aromatic nitrogens is 6. The summed E-state index contributed by atoms with van der Waals surface area (Å²) in [5, 5.41) is 7.24. The molecule has 0 amide bonds. The molecule has 2 aromatic heterocycles. The number of anilines is 2. The molecule has 2 heterocycles. The normalized spacial score (nSPS) is 10.6. The van der Waals surface area contributed by atoms with E-state index in [9.17, 15) is 0 Å². The molecule has 1 N–H and O–H groups in total. The van der Waals surface area contributed by atoms with Crippen LogP contribution in [0.4, 0.5) is 11.9 Å². The Morgan fingerprint density at radius 2 is 2.05 bits per heavy atom. The molecule has 0 aliphatic heterocycles. The fourth-order valence-electron chi connectivity index (χ4n) is 1.69. The highest BCUT2D eigenvalue weighted by atomic mass is 15.4. The van der Waals surface area contributed by atoms with Crippen LogP contribution in [0.5, 0.6) is 0 Å². The third kappa shape index (κ3) is 3.40. The lowest BCUT2D eigenvalue weighted by Crippen LogP contribution is -2.22. The van der Waals surface area contributed by atoms with Crippen LogP contribution in [0.3, 0.4) is 0 Å². The Labute approximate surface area is 118 Å². The second kappa shape index (κ2) is 6.78. The van der Waals surface area contributed by atoms with Gasteiger partial charge in [-0.25, -0.2) is 4.98 Å². The van der Waals surface area contributed by atoms with Gasteiger partial charge in [0, 0.05) is 20.1 Å². The van der Waals surface area contributed by atoms with E-state index < -0.39 is 0 Å². The van der Waals surface area contributed by atoms with Crippen molar-refractivity contribution in [3.05, 3.63) is 12.7 Å². The van der Waals surface area contributed by atoms with E-state index in [0.29, 0.717) is 17.8 Å². The van der Waals surface area contributed by atoms with Gasteiger partial charge in [0.15, 0.2) is 0 Å². The average Bonchev–Trinajstić information content (AvgIpc) is 2.99. The molecule has 0 aliphatic rings. The molecule has 0 saturated heterocycles. The molecule has 0 spiro atoms. The lowest BCUT2D eigenvalue weighted by Gasteiger charge is -2.17. The van der Waals surface area contributed by atoms with Gasteiger partial charge >= 0.3 is 0 Å². The highest BCUT2D eigenvalue weighted by Gasteiger charge is 2.11. The van der Waals surface area contributed by atoms with Gasteiger partial charge in [0.2, 0.25) is 11.9 Å². The molecule has 0 aliphatic carbocycles. The van der Waals surface area contributed by atoms with Crippen molar-refractivity contribution in [3.63, 3.8) is 0 Å². The van der Waals surface area contributed by atoms with Crippen LogP contribution in [0.1, 0.15) is 26.7 Å². The Hall–Kier alpha value is -2.25. The zero-order valence-corrected chi connectivity index (χ0v) is 12.1. The van der Waals surface area contributed by atoms with Crippen LogP contribution in [0.15, 0.2) is 12.7 Å². The van der Waals surface area contributed by atoms with Crippen LogP contribution < -0.4 is 10.2 Å². The third-order valence-corrected chi connectivity index (χ3v) is 2.67. The van der Waals surface area contributed by atoms with Gasteiger partial charge in [-0.3, -0.25) is 0 Å². The maximum Gasteiger partial charge on any atom is 0.258 e. The summed E-state index contributed by atoms with van der Waals surface area (Å²) in [6.07, 6.45) is 5.06. The summed E-state index contributed by atoms with van der Waals surface area (Å²) in [6.45, 7) is 5.91. The summed E-state index contributed by atoms with van der Waals surface area (Å²) >= 11 is 0. The Morgan fingerprint density at radius 1 is 1.20 bits per heavy atom. The van der Waals surface area contributed by atoms with E-state index >= 15 is 0 Å². The minimum absolute atomic E-state index is 0.467. The molecular formula is C12H20N8. The topological polar surface area (TPSA) is 84.7 Å². The van der Waals surface area contributed by atoms with Gasteiger partial charge in [0.25, 0.3) is 5.95 Å². The number of rotatable bonds is 7. The summed E-state index contributed by atoms with van der Waals surface area (Å²) in [6, 6.07) is 0. The first-order valence-corrected chi connectivity index (χ1v) is 6.80. The SMILES string of the molecule is CCCNc1nc(N(C)CCC)nc(-n2cncn2)n1. The largest absolute Gasteiger partial charge is 0.354 e. The van der Waals surface area contributed by atoms with Crippen molar-refractivity contribution in [2.75, 3.05) is 30.4 Å². The fourth-order valence-corrected chi connectivity index (χ4v) is 1.69. The van der Waals surface area contributed by atoms with E-state index in [1.54, 1.807) is 6.33 Å². The highest BCUT2D eigenvalue weighted by molar-refractivity contribution is 5.39. The first-order valence-electron chi connectivity index (χ1n) is 6.80. The molecule has 0 atom stereocenters. The third-order valence-electron chi connectivity index (χ3n) is 2.67. The predicted molar refractivity (Wildman–Crippen MR) is 77.1 cm³/mol. The van der Waals surface area contributed by atoms with Crippen molar-refractivity contribution >= 4 is 11.9 Å². The van der Waals surface area contributed by atoms with Gasteiger partial charge in [-0.1, -0.05) is 13.8 Å². The van der Waals surface area contributed by atoms with Gasteiger partial charge in [-0.05, 0) is 12.8 Å².